The van der Waals surface area contributed by atoms with Gasteiger partial charge in [-0.15, -0.1) is 0 Å². The van der Waals surface area contributed by atoms with Crippen LogP contribution in [-0.4, -0.2) is 49.4 Å². The Kier molecular flexibility index (Phi) is 3.43. The molecule has 1 fully saturated rings. The molecule has 3 heterocycles. The largest absolute Gasteiger partial charge is 0.463 e. The van der Waals surface area contributed by atoms with Crippen LogP contribution in [0.15, 0.2) is 12.7 Å². The van der Waals surface area contributed by atoms with Crippen LogP contribution in [-0.2, 0) is 14.3 Å². The van der Waals surface area contributed by atoms with E-state index in [2.05, 4.69) is 15.0 Å². The lowest BCUT2D eigenvalue weighted by molar-refractivity contribution is -0.145. The zero-order chi connectivity index (χ0) is 15.0. The SMILES string of the molecule is CC(=O)OC[C@@H]1C[C@@H](O)[C@H](n2cnc3c(N)ncnc32)O1. The third-order valence-corrected chi connectivity index (χ3v) is 3.30. The van der Waals surface area contributed by atoms with Crippen LogP contribution in [0, 0.1) is 0 Å². The monoisotopic (exact) mass is 293 g/mol. The fourth-order valence-electron chi connectivity index (χ4n) is 2.35. The highest BCUT2D eigenvalue weighted by Gasteiger charge is 2.36. The van der Waals surface area contributed by atoms with Gasteiger partial charge in [-0.1, -0.05) is 0 Å². The van der Waals surface area contributed by atoms with Crippen molar-refractivity contribution in [3.05, 3.63) is 12.7 Å². The van der Waals surface area contributed by atoms with Crippen molar-refractivity contribution < 1.29 is 19.4 Å². The number of aliphatic hydroxyl groups excluding tert-OH is 1. The molecule has 3 atom stereocenters. The van der Waals surface area contributed by atoms with Gasteiger partial charge in [-0.25, -0.2) is 15.0 Å². The van der Waals surface area contributed by atoms with Crippen molar-refractivity contribution in [3.63, 3.8) is 0 Å². The summed E-state index contributed by atoms with van der Waals surface area (Å²) < 4.78 is 12.2. The lowest BCUT2D eigenvalue weighted by atomic mass is 10.2. The summed E-state index contributed by atoms with van der Waals surface area (Å²) in [6, 6.07) is 0. The van der Waals surface area contributed by atoms with Gasteiger partial charge in [0.1, 0.15) is 24.6 Å². The molecule has 9 heteroatoms. The van der Waals surface area contributed by atoms with Gasteiger partial charge in [0.15, 0.2) is 17.7 Å². The average Bonchev–Trinajstić information content (AvgIpc) is 3.01. The molecule has 2 aromatic rings. The van der Waals surface area contributed by atoms with E-state index in [9.17, 15) is 9.90 Å². The fraction of sp³-hybridized carbons (Fsp3) is 0.500. The van der Waals surface area contributed by atoms with Gasteiger partial charge in [-0.3, -0.25) is 9.36 Å². The fourth-order valence-corrected chi connectivity index (χ4v) is 2.35. The number of fused-ring (bicyclic) bond motifs is 1. The van der Waals surface area contributed by atoms with Crippen LogP contribution in [0.3, 0.4) is 0 Å². The molecule has 0 aliphatic carbocycles. The first-order valence-electron chi connectivity index (χ1n) is 6.46. The molecule has 3 rings (SSSR count). The molecule has 1 saturated heterocycles. The Hall–Kier alpha value is -2.26. The quantitative estimate of drug-likeness (QED) is 0.733. The van der Waals surface area contributed by atoms with Crippen LogP contribution in [0.1, 0.15) is 19.6 Å². The van der Waals surface area contributed by atoms with Crippen LogP contribution in [0.5, 0.6) is 0 Å². The molecule has 0 unspecified atom stereocenters. The van der Waals surface area contributed by atoms with Crippen molar-refractivity contribution in [3.8, 4) is 0 Å². The Labute approximate surface area is 119 Å². The Balaban J connectivity index is 1.82. The third kappa shape index (κ3) is 2.52. The summed E-state index contributed by atoms with van der Waals surface area (Å²) in [5, 5.41) is 10.1. The molecule has 0 radical (unpaired) electrons. The van der Waals surface area contributed by atoms with Crippen molar-refractivity contribution in [1.82, 2.24) is 19.5 Å². The standard InChI is InChI=1S/C12H15N5O4/c1-6(18)20-3-7-2-8(19)12(21-7)17-5-16-9-10(13)14-4-15-11(9)17/h4-5,7-8,12,19H,2-3H2,1H3,(H2,13,14,15)/t7-,8+,12+/m0/s1. The van der Waals surface area contributed by atoms with E-state index in [1.165, 1.54) is 19.6 Å². The Morgan fingerprint density at radius 3 is 3.14 bits per heavy atom. The zero-order valence-corrected chi connectivity index (χ0v) is 11.3. The number of rotatable bonds is 3. The summed E-state index contributed by atoms with van der Waals surface area (Å²) >= 11 is 0. The molecular formula is C12H15N5O4. The van der Waals surface area contributed by atoms with Gasteiger partial charge in [0.25, 0.3) is 0 Å². The number of nitrogens with two attached hydrogens (primary N) is 1. The number of hydrogen-bond acceptors (Lipinski definition) is 8. The Bertz CT molecular complexity index is 673. The summed E-state index contributed by atoms with van der Waals surface area (Å²) in [5.74, 6) is -0.118. The number of esters is 1. The minimum Gasteiger partial charge on any atom is -0.463 e. The van der Waals surface area contributed by atoms with E-state index in [-0.39, 0.29) is 24.5 Å². The minimum absolute atomic E-state index is 0.104. The molecule has 9 nitrogen and oxygen atoms in total. The first-order chi connectivity index (χ1) is 10.1. The maximum atomic E-state index is 10.8. The van der Waals surface area contributed by atoms with E-state index in [1.54, 1.807) is 4.57 Å². The molecule has 0 saturated carbocycles. The number of aromatic nitrogens is 4. The highest BCUT2D eigenvalue weighted by atomic mass is 16.6. The van der Waals surface area contributed by atoms with Crippen LogP contribution < -0.4 is 5.73 Å². The molecule has 0 spiro atoms. The number of hydrogen-bond donors (Lipinski definition) is 2. The molecule has 21 heavy (non-hydrogen) atoms. The summed E-state index contributed by atoms with van der Waals surface area (Å²) in [4.78, 5) is 22.9. The van der Waals surface area contributed by atoms with E-state index in [4.69, 9.17) is 15.2 Å². The van der Waals surface area contributed by atoms with Gasteiger partial charge in [-0.05, 0) is 0 Å². The number of nitrogen functional groups attached to an aromatic ring is 1. The second kappa shape index (κ2) is 5.26. The third-order valence-electron chi connectivity index (χ3n) is 3.30. The van der Waals surface area contributed by atoms with Crippen molar-refractivity contribution in [1.29, 1.82) is 0 Å². The van der Waals surface area contributed by atoms with Gasteiger partial charge in [-0.2, -0.15) is 0 Å². The van der Waals surface area contributed by atoms with Crippen LogP contribution >= 0.6 is 0 Å². The van der Waals surface area contributed by atoms with Crippen LogP contribution in [0.25, 0.3) is 11.2 Å². The minimum atomic E-state index is -0.751. The maximum Gasteiger partial charge on any atom is 0.302 e. The number of ether oxygens (including phenoxy) is 2. The average molecular weight is 293 g/mol. The number of carbonyl (C=O) groups excluding carboxylic acids is 1. The first kappa shape index (κ1) is 13.7. The maximum absolute atomic E-state index is 10.8. The Morgan fingerprint density at radius 2 is 2.38 bits per heavy atom. The van der Waals surface area contributed by atoms with Gasteiger partial charge in [0.2, 0.25) is 0 Å². The smallest absolute Gasteiger partial charge is 0.302 e. The number of nitrogens with zero attached hydrogens (tertiary/aromatic N) is 4. The summed E-state index contributed by atoms with van der Waals surface area (Å²) in [5.41, 5.74) is 6.66. The van der Waals surface area contributed by atoms with Gasteiger partial charge >= 0.3 is 5.97 Å². The predicted molar refractivity (Wildman–Crippen MR) is 70.9 cm³/mol. The second-order valence-electron chi connectivity index (χ2n) is 4.84. The summed E-state index contributed by atoms with van der Waals surface area (Å²) in [7, 11) is 0. The van der Waals surface area contributed by atoms with Crippen molar-refractivity contribution in [2.24, 2.45) is 0 Å². The molecule has 1 aliphatic rings. The number of anilines is 1. The molecule has 112 valence electrons. The van der Waals surface area contributed by atoms with E-state index in [1.807, 2.05) is 0 Å². The molecule has 3 N–H and O–H groups in total. The molecular weight excluding hydrogens is 278 g/mol. The normalized spacial score (nSPS) is 25.3. The zero-order valence-electron chi connectivity index (χ0n) is 11.3. The predicted octanol–water partition coefficient (Wildman–Crippen LogP) is -0.380. The van der Waals surface area contributed by atoms with Gasteiger partial charge < -0.3 is 20.3 Å². The molecule has 0 bridgehead atoms. The lowest BCUT2D eigenvalue weighted by Gasteiger charge is -2.16. The van der Waals surface area contributed by atoms with E-state index < -0.39 is 12.3 Å². The number of imidazole rings is 1. The summed E-state index contributed by atoms with van der Waals surface area (Å²) in [6.07, 6.45) is 1.42. The Morgan fingerprint density at radius 1 is 1.57 bits per heavy atom. The molecule has 0 aromatic carbocycles. The van der Waals surface area contributed by atoms with Gasteiger partial charge in [0.05, 0.1) is 12.4 Å². The van der Waals surface area contributed by atoms with E-state index >= 15 is 0 Å². The van der Waals surface area contributed by atoms with E-state index in [0.717, 1.165) is 0 Å². The second-order valence-corrected chi connectivity index (χ2v) is 4.84. The topological polar surface area (TPSA) is 125 Å². The highest BCUT2D eigenvalue weighted by Crippen LogP contribution is 2.31. The van der Waals surface area contributed by atoms with E-state index in [0.29, 0.717) is 17.6 Å². The lowest BCUT2D eigenvalue weighted by Crippen LogP contribution is -2.19. The molecule has 1 aliphatic heterocycles. The van der Waals surface area contributed by atoms with Crippen molar-refractivity contribution in [2.75, 3.05) is 12.3 Å². The van der Waals surface area contributed by atoms with Crippen LogP contribution in [0.2, 0.25) is 0 Å². The van der Waals surface area contributed by atoms with Crippen molar-refractivity contribution >= 4 is 23.0 Å². The highest BCUT2D eigenvalue weighted by molar-refractivity contribution is 5.81. The van der Waals surface area contributed by atoms with Crippen molar-refractivity contribution in [2.45, 2.75) is 31.8 Å². The molecule has 2 aromatic heterocycles. The summed E-state index contributed by atoms with van der Waals surface area (Å²) in [6.45, 7) is 1.43. The van der Waals surface area contributed by atoms with Crippen LogP contribution in [0.4, 0.5) is 5.82 Å². The van der Waals surface area contributed by atoms with Gasteiger partial charge in [0, 0.05) is 13.3 Å². The molecule has 0 amide bonds. The number of carbonyl (C=O) groups is 1. The number of aliphatic hydroxyl groups is 1. The first-order valence-corrected chi connectivity index (χ1v) is 6.46.